The normalized spacial score (nSPS) is 28.1. The fourth-order valence-electron chi connectivity index (χ4n) is 2.50. The number of benzene rings is 1. The third-order valence-electron chi connectivity index (χ3n) is 3.30. The molecule has 0 aliphatic carbocycles. The highest BCUT2D eigenvalue weighted by Crippen LogP contribution is 2.40. The first-order valence-electron chi connectivity index (χ1n) is 5.35. The Morgan fingerprint density at radius 2 is 2.06 bits per heavy atom. The maximum absolute atomic E-state index is 2.66. The van der Waals surface area contributed by atoms with Gasteiger partial charge in [-0.05, 0) is 23.8 Å². The molecule has 1 fully saturated rings. The Labute approximate surface area is 123 Å². The van der Waals surface area contributed by atoms with E-state index in [1.165, 1.54) is 17.7 Å². The highest BCUT2D eigenvalue weighted by Gasteiger charge is 2.36. The molecule has 88 valence electrons. The Bertz CT molecular complexity index is 372. The molecule has 1 aromatic rings. The second-order valence-electron chi connectivity index (χ2n) is 4.18. The van der Waals surface area contributed by atoms with Crippen LogP contribution in [0.4, 0.5) is 0 Å². The van der Waals surface area contributed by atoms with Crippen LogP contribution in [0.3, 0.4) is 0 Å². The molecular formula is C12H16INS2. The summed E-state index contributed by atoms with van der Waals surface area (Å²) < 4.78 is 0.684. The summed E-state index contributed by atoms with van der Waals surface area (Å²) in [6, 6.07) is 9.69. The van der Waals surface area contributed by atoms with Crippen LogP contribution in [0, 0.1) is 0 Å². The minimum absolute atomic E-state index is 0. The van der Waals surface area contributed by atoms with Crippen LogP contribution in [0.5, 0.6) is 0 Å². The zero-order chi connectivity index (χ0) is 10.3. The van der Waals surface area contributed by atoms with Crippen LogP contribution < -0.4 is 0 Å². The molecule has 16 heavy (non-hydrogen) atoms. The standard InChI is InChI=1S/C12H15NS2.HI/c1-14-12-13-7-10-5-3-2-4-9(10)6-11(13)8-15-12;/h2-5,11-12H,6-8H2,1H3;1H. The number of thioether (sulfide) groups is 2. The molecule has 0 bridgehead atoms. The second kappa shape index (κ2) is 5.50. The third kappa shape index (κ3) is 2.26. The lowest BCUT2D eigenvalue weighted by atomic mass is 9.95. The molecule has 2 unspecified atom stereocenters. The minimum Gasteiger partial charge on any atom is -0.275 e. The van der Waals surface area contributed by atoms with Gasteiger partial charge in [0, 0.05) is 18.3 Å². The number of hydrogen-bond acceptors (Lipinski definition) is 3. The molecule has 2 aliphatic heterocycles. The summed E-state index contributed by atoms with van der Waals surface area (Å²) in [6.45, 7) is 1.15. The molecule has 3 rings (SSSR count). The molecule has 0 spiro atoms. The summed E-state index contributed by atoms with van der Waals surface area (Å²) in [4.78, 5) is 2.66. The summed E-state index contributed by atoms with van der Waals surface area (Å²) in [5.41, 5.74) is 3.11. The van der Waals surface area contributed by atoms with Gasteiger partial charge in [0.2, 0.25) is 0 Å². The Morgan fingerprint density at radius 1 is 1.31 bits per heavy atom. The van der Waals surface area contributed by atoms with Gasteiger partial charge in [-0.3, -0.25) is 4.90 Å². The molecule has 2 aliphatic rings. The molecule has 2 heterocycles. The van der Waals surface area contributed by atoms with Crippen LogP contribution in [0.2, 0.25) is 0 Å². The zero-order valence-corrected chi connectivity index (χ0v) is 13.2. The third-order valence-corrected chi connectivity index (χ3v) is 6.09. The highest BCUT2D eigenvalue weighted by molar-refractivity contribution is 14.0. The van der Waals surface area contributed by atoms with Crippen molar-refractivity contribution in [3.63, 3.8) is 0 Å². The first kappa shape index (κ1) is 13.1. The van der Waals surface area contributed by atoms with Gasteiger partial charge in [0.15, 0.2) is 0 Å². The number of hydrogen-bond donors (Lipinski definition) is 0. The number of rotatable bonds is 1. The number of nitrogens with zero attached hydrogens (tertiary/aromatic N) is 1. The number of fused-ring (bicyclic) bond motifs is 2. The SMILES string of the molecule is CSC1SCC2Cc3ccccc3CN21.I. The van der Waals surface area contributed by atoms with Crippen molar-refractivity contribution < 1.29 is 0 Å². The second-order valence-corrected chi connectivity index (χ2v) is 6.50. The first-order valence-corrected chi connectivity index (χ1v) is 7.69. The van der Waals surface area contributed by atoms with E-state index in [1.807, 2.05) is 11.8 Å². The fraction of sp³-hybridized carbons (Fsp3) is 0.500. The molecule has 1 nitrogen and oxygen atoms in total. The molecule has 0 radical (unpaired) electrons. The van der Waals surface area contributed by atoms with Crippen LogP contribution in [0.15, 0.2) is 24.3 Å². The molecule has 0 N–H and O–H groups in total. The Kier molecular flexibility index (Phi) is 4.49. The maximum Gasteiger partial charge on any atom is 0.103 e. The van der Waals surface area contributed by atoms with E-state index in [-0.39, 0.29) is 24.0 Å². The highest BCUT2D eigenvalue weighted by atomic mass is 127. The van der Waals surface area contributed by atoms with E-state index in [0.717, 1.165) is 12.6 Å². The van der Waals surface area contributed by atoms with Gasteiger partial charge in [0.25, 0.3) is 0 Å². The van der Waals surface area contributed by atoms with E-state index >= 15 is 0 Å². The summed E-state index contributed by atoms with van der Waals surface area (Å²) in [7, 11) is 0. The van der Waals surface area contributed by atoms with Crippen LogP contribution in [0.25, 0.3) is 0 Å². The topological polar surface area (TPSA) is 3.24 Å². The smallest absolute Gasteiger partial charge is 0.103 e. The van der Waals surface area contributed by atoms with Gasteiger partial charge in [-0.2, -0.15) is 0 Å². The van der Waals surface area contributed by atoms with E-state index < -0.39 is 0 Å². The van der Waals surface area contributed by atoms with Gasteiger partial charge >= 0.3 is 0 Å². The van der Waals surface area contributed by atoms with Crippen molar-refractivity contribution in [3.8, 4) is 0 Å². The molecule has 0 aromatic heterocycles. The largest absolute Gasteiger partial charge is 0.275 e. The molecule has 1 saturated heterocycles. The van der Waals surface area contributed by atoms with Crippen molar-refractivity contribution in [2.45, 2.75) is 23.7 Å². The van der Waals surface area contributed by atoms with Crippen molar-refractivity contribution >= 4 is 47.5 Å². The lowest BCUT2D eigenvalue weighted by Gasteiger charge is -2.33. The average Bonchev–Trinajstić information content (AvgIpc) is 2.68. The van der Waals surface area contributed by atoms with Crippen LogP contribution in [-0.4, -0.2) is 27.7 Å². The van der Waals surface area contributed by atoms with Crippen molar-refractivity contribution in [3.05, 3.63) is 35.4 Å². The van der Waals surface area contributed by atoms with Crippen molar-refractivity contribution in [1.82, 2.24) is 4.90 Å². The lowest BCUT2D eigenvalue weighted by molar-refractivity contribution is 0.225. The van der Waals surface area contributed by atoms with Gasteiger partial charge < -0.3 is 0 Å². The molecule has 1 aromatic carbocycles. The summed E-state index contributed by atoms with van der Waals surface area (Å²) in [6.07, 6.45) is 3.47. The molecule has 4 heteroatoms. The molecular weight excluding hydrogens is 349 g/mol. The van der Waals surface area contributed by atoms with E-state index in [0.29, 0.717) is 4.71 Å². The minimum atomic E-state index is 0. The maximum atomic E-state index is 2.66. The van der Waals surface area contributed by atoms with E-state index in [4.69, 9.17) is 0 Å². The quantitative estimate of drug-likeness (QED) is 0.702. The summed E-state index contributed by atoms with van der Waals surface area (Å²) in [5.74, 6) is 1.31. The lowest BCUT2D eigenvalue weighted by Crippen LogP contribution is -2.39. The van der Waals surface area contributed by atoms with Crippen molar-refractivity contribution in [2.24, 2.45) is 0 Å². The monoisotopic (exact) mass is 365 g/mol. The Balaban J connectivity index is 0.000000963. The molecule has 2 atom stereocenters. The average molecular weight is 365 g/mol. The zero-order valence-electron chi connectivity index (χ0n) is 9.26. The first-order chi connectivity index (χ1) is 7.38. The van der Waals surface area contributed by atoms with Gasteiger partial charge in [0.05, 0.1) is 0 Å². The van der Waals surface area contributed by atoms with E-state index in [2.05, 4.69) is 47.2 Å². The molecule has 0 amide bonds. The Hall–Kier alpha value is 0.610. The predicted octanol–water partition coefficient (Wildman–Crippen LogP) is 3.42. The van der Waals surface area contributed by atoms with Crippen LogP contribution in [-0.2, 0) is 13.0 Å². The predicted molar refractivity (Wildman–Crippen MR) is 84.7 cm³/mol. The summed E-state index contributed by atoms with van der Waals surface area (Å²) in [5, 5.41) is 0. The van der Waals surface area contributed by atoms with Gasteiger partial charge in [-0.15, -0.1) is 47.5 Å². The summed E-state index contributed by atoms with van der Waals surface area (Å²) >= 11 is 4.09. The van der Waals surface area contributed by atoms with Crippen molar-refractivity contribution in [2.75, 3.05) is 12.0 Å². The fourth-order valence-corrected chi connectivity index (χ4v) is 4.93. The number of halogens is 1. The van der Waals surface area contributed by atoms with Crippen LogP contribution >= 0.6 is 47.5 Å². The van der Waals surface area contributed by atoms with E-state index in [1.54, 1.807) is 5.56 Å². The van der Waals surface area contributed by atoms with Gasteiger partial charge in [-0.1, -0.05) is 24.3 Å². The van der Waals surface area contributed by atoms with Gasteiger partial charge in [-0.25, -0.2) is 0 Å². The van der Waals surface area contributed by atoms with Crippen LogP contribution in [0.1, 0.15) is 11.1 Å². The Morgan fingerprint density at radius 3 is 2.81 bits per heavy atom. The van der Waals surface area contributed by atoms with E-state index in [9.17, 15) is 0 Å². The molecule has 0 saturated carbocycles. The van der Waals surface area contributed by atoms with Crippen molar-refractivity contribution in [1.29, 1.82) is 0 Å². The van der Waals surface area contributed by atoms with Gasteiger partial charge in [0.1, 0.15) is 4.71 Å².